The number of likely N-dealkylation sites (tertiary alicyclic amines) is 1. The number of carbonyl (C=O) groups is 1. The third kappa shape index (κ3) is 2.80. The van der Waals surface area contributed by atoms with Crippen LogP contribution in [0.25, 0.3) is 21.8 Å². The fourth-order valence-electron chi connectivity index (χ4n) is 6.24. The molecule has 1 saturated heterocycles. The minimum atomic E-state index is -0.186. The third-order valence-electron chi connectivity index (χ3n) is 7.64. The van der Waals surface area contributed by atoms with Crippen LogP contribution in [0.1, 0.15) is 47.4 Å². The molecule has 1 amide bonds. The Morgan fingerprint density at radius 3 is 2.75 bits per heavy atom. The Balaban J connectivity index is 1.31. The largest absolute Gasteiger partial charge is 0.345 e. The number of carbonyl (C=O) groups excluding carboxylic acids is 1. The Bertz CT molecular complexity index is 1370. The summed E-state index contributed by atoms with van der Waals surface area (Å²) in [7, 11) is 0. The number of para-hydroxylation sites is 1. The molecule has 4 nitrogen and oxygen atoms in total. The van der Waals surface area contributed by atoms with Crippen molar-refractivity contribution in [2.75, 3.05) is 6.54 Å². The van der Waals surface area contributed by atoms with Crippen molar-refractivity contribution < 1.29 is 9.18 Å². The zero-order valence-corrected chi connectivity index (χ0v) is 18.4. The number of aryl methyl sites for hydroxylation is 1. The van der Waals surface area contributed by atoms with E-state index < -0.39 is 0 Å². The van der Waals surface area contributed by atoms with Gasteiger partial charge < -0.3 is 9.47 Å². The molecule has 2 fully saturated rings. The first kappa shape index (κ1) is 19.5. The van der Waals surface area contributed by atoms with Crippen LogP contribution in [0.4, 0.5) is 4.39 Å². The van der Waals surface area contributed by atoms with Crippen LogP contribution in [0, 0.1) is 18.7 Å². The zero-order valence-electron chi connectivity index (χ0n) is 18.4. The summed E-state index contributed by atoms with van der Waals surface area (Å²) in [6.45, 7) is 5.91. The lowest BCUT2D eigenvalue weighted by Gasteiger charge is -2.32. The Labute approximate surface area is 186 Å². The monoisotopic (exact) mass is 427 g/mol. The van der Waals surface area contributed by atoms with Crippen molar-refractivity contribution in [1.82, 2.24) is 14.5 Å². The van der Waals surface area contributed by atoms with E-state index in [0.717, 1.165) is 47.7 Å². The van der Waals surface area contributed by atoms with Gasteiger partial charge in [-0.3, -0.25) is 4.79 Å². The summed E-state index contributed by atoms with van der Waals surface area (Å²) in [5.41, 5.74) is 5.00. The summed E-state index contributed by atoms with van der Waals surface area (Å²) in [5.74, 6) is 0.614. The predicted octanol–water partition coefficient (Wildman–Crippen LogP) is 5.68. The van der Waals surface area contributed by atoms with Crippen molar-refractivity contribution in [3.05, 3.63) is 77.4 Å². The first-order chi connectivity index (χ1) is 15.5. The molecule has 3 heterocycles. The number of aromatic nitrogens is 2. The highest BCUT2D eigenvalue weighted by molar-refractivity contribution is 5.95. The van der Waals surface area contributed by atoms with Gasteiger partial charge in [0.1, 0.15) is 11.5 Å². The number of nitrogens with zero attached hydrogens (tertiary/aromatic N) is 3. The number of hydrogen-bond acceptors (Lipinski definition) is 2. The first-order valence-electron chi connectivity index (χ1n) is 11.5. The van der Waals surface area contributed by atoms with Gasteiger partial charge in [-0.15, -0.1) is 0 Å². The molecule has 1 aliphatic heterocycles. The zero-order chi connectivity index (χ0) is 22.0. The van der Waals surface area contributed by atoms with Crippen molar-refractivity contribution in [2.24, 2.45) is 5.92 Å². The highest BCUT2D eigenvalue weighted by Gasteiger charge is 2.48. The molecule has 5 heteroatoms. The summed E-state index contributed by atoms with van der Waals surface area (Å²) in [6.07, 6.45) is 1.95. The number of hydrogen-bond donors (Lipinski definition) is 0. The highest BCUT2D eigenvalue weighted by Crippen LogP contribution is 2.50. The minimum Gasteiger partial charge on any atom is -0.345 e. The predicted molar refractivity (Wildman–Crippen MR) is 124 cm³/mol. The molecule has 1 aliphatic carbocycles. The van der Waals surface area contributed by atoms with Gasteiger partial charge in [-0.1, -0.05) is 24.3 Å². The maximum absolute atomic E-state index is 14.1. The van der Waals surface area contributed by atoms with Gasteiger partial charge in [0.25, 0.3) is 5.91 Å². The molecule has 32 heavy (non-hydrogen) atoms. The Kier molecular flexibility index (Phi) is 4.36. The van der Waals surface area contributed by atoms with E-state index in [1.165, 1.54) is 11.3 Å². The van der Waals surface area contributed by atoms with Crippen LogP contribution in [-0.4, -0.2) is 32.9 Å². The van der Waals surface area contributed by atoms with Gasteiger partial charge in [-0.25, -0.2) is 9.37 Å². The Morgan fingerprint density at radius 2 is 1.97 bits per heavy atom. The molecule has 3 atom stereocenters. The van der Waals surface area contributed by atoms with Crippen LogP contribution in [-0.2, 0) is 6.54 Å². The maximum Gasteiger partial charge on any atom is 0.272 e. The fourth-order valence-corrected chi connectivity index (χ4v) is 6.24. The van der Waals surface area contributed by atoms with Gasteiger partial charge in [-0.2, -0.15) is 0 Å². The van der Waals surface area contributed by atoms with Crippen molar-refractivity contribution >= 4 is 27.7 Å². The molecule has 2 aromatic carbocycles. The number of benzene rings is 2. The average molecular weight is 428 g/mol. The summed E-state index contributed by atoms with van der Waals surface area (Å²) in [4.78, 5) is 20.0. The summed E-state index contributed by atoms with van der Waals surface area (Å²) >= 11 is 0. The second-order valence-electron chi connectivity index (χ2n) is 9.24. The lowest BCUT2D eigenvalue weighted by molar-refractivity contribution is 0.0687. The molecule has 4 aromatic rings. The second kappa shape index (κ2) is 7.16. The van der Waals surface area contributed by atoms with E-state index in [2.05, 4.69) is 23.4 Å². The molecule has 1 saturated carbocycles. The number of amides is 1. The van der Waals surface area contributed by atoms with Crippen molar-refractivity contribution in [1.29, 1.82) is 0 Å². The number of piperidine rings is 1. The molecular formula is C27H26FN3O. The molecule has 0 N–H and O–H groups in total. The van der Waals surface area contributed by atoms with E-state index >= 15 is 0 Å². The Morgan fingerprint density at radius 1 is 1.12 bits per heavy atom. The molecule has 2 aliphatic rings. The SMILES string of the molecule is CCn1c(C)c(C2CC3CC2CN3C(=O)c2ccc3ccccc3n2)c2cc(F)ccc21. The molecule has 3 unspecified atom stereocenters. The van der Waals surface area contributed by atoms with Crippen molar-refractivity contribution in [3.8, 4) is 0 Å². The van der Waals surface area contributed by atoms with Gasteiger partial charge in [0, 0.05) is 41.1 Å². The maximum atomic E-state index is 14.1. The molecular weight excluding hydrogens is 401 g/mol. The molecule has 6 rings (SSSR count). The standard InChI is InChI=1S/C27H26FN3O/c1-3-30-16(2)26(22-13-19(28)9-11-25(22)30)21-14-20-12-18(21)15-31(20)27(32)24-10-8-17-6-4-5-7-23(17)29-24/h4-11,13,18,20-21H,3,12,14-15H2,1-2H3. The van der Waals surface area contributed by atoms with Crippen LogP contribution in [0.2, 0.25) is 0 Å². The van der Waals surface area contributed by atoms with Crippen LogP contribution >= 0.6 is 0 Å². The summed E-state index contributed by atoms with van der Waals surface area (Å²) in [5, 5.41) is 2.08. The highest BCUT2D eigenvalue weighted by atomic mass is 19.1. The lowest BCUT2D eigenvalue weighted by Crippen LogP contribution is -2.40. The second-order valence-corrected chi connectivity index (χ2v) is 9.24. The van der Waals surface area contributed by atoms with E-state index in [9.17, 15) is 9.18 Å². The van der Waals surface area contributed by atoms with Gasteiger partial charge in [0.15, 0.2) is 0 Å². The first-order valence-corrected chi connectivity index (χ1v) is 11.5. The Hall–Kier alpha value is -3.21. The minimum absolute atomic E-state index is 0.0282. The topological polar surface area (TPSA) is 38.1 Å². The van der Waals surface area contributed by atoms with Gasteiger partial charge >= 0.3 is 0 Å². The van der Waals surface area contributed by atoms with Gasteiger partial charge in [0.2, 0.25) is 0 Å². The average Bonchev–Trinajstić information content (AvgIpc) is 3.48. The van der Waals surface area contributed by atoms with Crippen molar-refractivity contribution in [3.63, 3.8) is 0 Å². The molecule has 0 radical (unpaired) electrons. The van der Waals surface area contributed by atoms with Gasteiger partial charge in [0.05, 0.1) is 5.52 Å². The number of pyridine rings is 1. The van der Waals surface area contributed by atoms with Crippen LogP contribution in [0.15, 0.2) is 54.6 Å². The number of rotatable bonds is 3. The molecule has 2 bridgehead atoms. The third-order valence-corrected chi connectivity index (χ3v) is 7.64. The fraction of sp³-hybridized carbons (Fsp3) is 0.333. The van der Waals surface area contributed by atoms with Crippen LogP contribution in [0.3, 0.4) is 0 Å². The quantitative estimate of drug-likeness (QED) is 0.422. The van der Waals surface area contributed by atoms with E-state index in [1.807, 2.05) is 47.4 Å². The smallest absolute Gasteiger partial charge is 0.272 e. The van der Waals surface area contributed by atoms with E-state index in [1.54, 1.807) is 12.1 Å². The molecule has 0 spiro atoms. The number of halogens is 1. The lowest BCUT2D eigenvalue weighted by atomic mass is 9.85. The van der Waals surface area contributed by atoms with Gasteiger partial charge in [-0.05, 0) is 74.4 Å². The molecule has 162 valence electrons. The molecule has 2 aromatic heterocycles. The van der Waals surface area contributed by atoms with Crippen LogP contribution < -0.4 is 0 Å². The van der Waals surface area contributed by atoms with E-state index in [4.69, 9.17) is 0 Å². The van der Waals surface area contributed by atoms with Crippen LogP contribution in [0.5, 0.6) is 0 Å². The van der Waals surface area contributed by atoms with E-state index in [-0.39, 0.29) is 17.8 Å². The number of fused-ring (bicyclic) bond motifs is 4. The van der Waals surface area contributed by atoms with E-state index in [0.29, 0.717) is 17.5 Å². The normalized spacial score (nSPS) is 22.3. The summed E-state index contributed by atoms with van der Waals surface area (Å²) in [6, 6.07) is 17.1. The summed E-state index contributed by atoms with van der Waals surface area (Å²) < 4.78 is 16.4. The van der Waals surface area contributed by atoms with Crippen molar-refractivity contribution in [2.45, 2.75) is 45.2 Å².